The number of aliphatic hydroxyl groups is 1. The highest BCUT2D eigenvalue weighted by atomic mass is 31.2. The summed E-state index contributed by atoms with van der Waals surface area (Å²) in [5, 5.41) is 10.5. The van der Waals surface area contributed by atoms with Gasteiger partial charge in [-0.05, 0) is 31.6 Å². The summed E-state index contributed by atoms with van der Waals surface area (Å²) >= 11 is 0. The molecular formula is C62H120O17P2. The molecule has 3 N–H and O–H groups in total. The van der Waals surface area contributed by atoms with Gasteiger partial charge in [-0.2, -0.15) is 0 Å². The molecule has 0 aromatic rings. The second kappa shape index (κ2) is 55.9. The summed E-state index contributed by atoms with van der Waals surface area (Å²) < 4.78 is 67.7. The molecular weight excluding hydrogens is 1080 g/mol. The number of aliphatic hydroxyl groups excluding tert-OH is 1. The maximum absolute atomic E-state index is 12.9. The lowest BCUT2D eigenvalue weighted by Gasteiger charge is -2.21. The highest BCUT2D eigenvalue weighted by Crippen LogP contribution is 2.45. The molecule has 19 heteroatoms. The first-order valence-corrected chi connectivity index (χ1v) is 35.6. The Morgan fingerprint density at radius 1 is 0.333 bits per heavy atom. The van der Waals surface area contributed by atoms with Crippen LogP contribution >= 0.6 is 15.6 Å². The predicted molar refractivity (Wildman–Crippen MR) is 322 cm³/mol. The normalized spacial score (nSPS) is 14.3. The van der Waals surface area contributed by atoms with Crippen LogP contribution in [0.15, 0.2) is 0 Å². The molecule has 0 bridgehead atoms. The summed E-state index contributed by atoms with van der Waals surface area (Å²) in [4.78, 5) is 71.9. The van der Waals surface area contributed by atoms with Crippen LogP contribution in [0.1, 0.15) is 311 Å². The molecule has 0 aliphatic heterocycles. The Bertz CT molecular complexity index is 1580. The number of unbranched alkanes of at least 4 members (excludes halogenated alkanes) is 34. The number of ether oxygens (including phenoxy) is 4. The molecule has 0 radical (unpaired) electrons. The number of phosphoric acid groups is 2. The molecule has 0 aromatic heterocycles. The fraction of sp³-hybridized carbons (Fsp3) is 0.935. The molecule has 0 saturated carbocycles. The average molecular weight is 1200 g/mol. The van der Waals surface area contributed by atoms with E-state index in [9.17, 15) is 43.2 Å². The van der Waals surface area contributed by atoms with E-state index in [4.69, 9.17) is 37.0 Å². The molecule has 17 nitrogen and oxygen atoms in total. The first-order valence-electron chi connectivity index (χ1n) is 32.6. The Balaban J connectivity index is 5.17. The Labute approximate surface area is 492 Å². The molecule has 5 atom stereocenters. The third kappa shape index (κ3) is 56.9. The highest BCUT2D eigenvalue weighted by Gasteiger charge is 2.30. The third-order valence-corrected chi connectivity index (χ3v) is 16.2. The maximum atomic E-state index is 12.9. The smallest absolute Gasteiger partial charge is 0.462 e. The lowest BCUT2D eigenvalue weighted by atomic mass is 10.0. The van der Waals surface area contributed by atoms with E-state index in [2.05, 4.69) is 34.6 Å². The van der Waals surface area contributed by atoms with Gasteiger partial charge in [-0.3, -0.25) is 37.3 Å². The largest absolute Gasteiger partial charge is 0.472 e. The molecule has 0 heterocycles. The molecule has 0 rings (SSSR count). The van der Waals surface area contributed by atoms with Gasteiger partial charge < -0.3 is 33.8 Å². The topological polar surface area (TPSA) is 237 Å². The fourth-order valence-electron chi connectivity index (χ4n) is 9.23. The van der Waals surface area contributed by atoms with Crippen molar-refractivity contribution in [1.29, 1.82) is 0 Å². The first kappa shape index (κ1) is 79.1. The molecule has 0 aliphatic rings. The Kier molecular flexibility index (Phi) is 54.6. The van der Waals surface area contributed by atoms with Crippen LogP contribution in [-0.2, 0) is 65.4 Å². The summed E-state index contributed by atoms with van der Waals surface area (Å²) in [6.45, 7) is 7.09. The van der Waals surface area contributed by atoms with Gasteiger partial charge in [0.25, 0.3) is 0 Å². The van der Waals surface area contributed by atoms with Crippen molar-refractivity contribution in [3.05, 3.63) is 0 Å². The Morgan fingerprint density at radius 2 is 0.568 bits per heavy atom. The maximum Gasteiger partial charge on any atom is 0.472 e. The molecule has 0 saturated heterocycles. The number of hydrogen-bond acceptors (Lipinski definition) is 15. The number of esters is 4. The molecule has 81 heavy (non-hydrogen) atoms. The second-order valence-electron chi connectivity index (χ2n) is 22.9. The summed E-state index contributed by atoms with van der Waals surface area (Å²) in [6, 6.07) is 0. The second-order valence-corrected chi connectivity index (χ2v) is 25.8. The predicted octanol–water partition coefficient (Wildman–Crippen LogP) is 17.0. The minimum absolute atomic E-state index is 0.106. The lowest BCUT2D eigenvalue weighted by Crippen LogP contribution is -2.30. The number of phosphoric ester groups is 2. The standard InChI is InChI=1S/C62H120O17P2/c1-6-9-12-15-17-19-22-27-31-36-41-46-60(65)73-52-58(79-62(67)48-43-38-33-29-25-21-24-26-30-35-39-44-55(4)5)54-77-81(70,71)75-50-56(63)49-74-80(68,69)76-53-57(51-72-59(64)45-40-34-14-11-8-3)78-61(66)47-42-37-32-28-23-20-18-16-13-10-7-2/h55-58,63H,6-54H2,1-5H3,(H,68,69)(H,70,71)/t56-,57+,58+/m0/s1. The molecule has 480 valence electrons. The molecule has 0 aliphatic carbocycles. The van der Waals surface area contributed by atoms with E-state index in [1.807, 2.05) is 0 Å². The molecule has 0 fully saturated rings. The van der Waals surface area contributed by atoms with Crippen LogP contribution in [0.2, 0.25) is 0 Å². The minimum Gasteiger partial charge on any atom is -0.462 e. The van der Waals surface area contributed by atoms with Crippen molar-refractivity contribution in [3.63, 3.8) is 0 Å². The zero-order chi connectivity index (χ0) is 59.9. The van der Waals surface area contributed by atoms with E-state index >= 15 is 0 Å². The van der Waals surface area contributed by atoms with Gasteiger partial charge in [0.2, 0.25) is 0 Å². The van der Waals surface area contributed by atoms with E-state index in [-0.39, 0.29) is 25.7 Å². The number of carbonyl (C=O) groups is 4. The van der Waals surface area contributed by atoms with Gasteiger partial charge in [-0.25, -0.2) is 9.13 Å². The minimum atomic E-state index is -4.94. The van der Waals surface area contributed by atoms with E-state index in [0.717, 1.165) is 102 Å². The van der Waals surface area contributed by atoms with Crippen molar-refractivity contribution >= 4 is 39.5 Å². The Morgan fingerprint density at radius 3 is 0.840 bits per heavy atom. The van der Waals surface area contributed by atoms with Crippen LogP contribution in [0.3, 0.4) is 0 Å². The van der Waals surface area contributed by atoms with Gasteiger partial charge in [0.15, 0.2) is 12.2 Å². The van der Waals surface area contributed by atoms with Crippen LogP contribution < -0.4 is 0 Å². The monoisotopic (exact) mass is 1200 g/mol. The summed E-state index contributed by atoms with van der Waals surface area (Å²) in [7, 11) is -9.87. The molecule has 0 spiro atoms. The fourth-order valence-corrected chi connectivity index (χ4v) is 10.8. The van der Waals surface area contributed by atoms with Gasteiger partial charge in [-0.15, -0.1) is 0 Å². The van der Waals surface area contributed by atoms with Gasteiger partial charge in [0.1, 0.15) is 19.3 Å². The first-order chi connectivity index (χ1) is 39.0. The highest BCUT2D eigenvalue weighted by molar-refractivity contribution is 7.47. The van der Waals surface area contributed by atoms with Crippen molar-refractivity contribution in [2.24, 2.45) is 5.92 Å². The van der Waals surface area contributed by atoms with E-state index < -0.39 is 97.5 Å². The zero-order valence-corrected chi connectivity index (χ0v) is 53.7. The van der Waals surface area contributed by atoms with Crippen LogP contribution in [0.4, 0.5) is 0 Å². The van der Waals surface area contributed by atoms with E-state index in [1.165, 1.54) is 128 Å². The van der Waals surface area contributed by atoms with Crippen LogP contribution in [0.5, 0.6) is 0 Å². The third-order valence-electron chi connectivity index (χ3n) is 14.3. The van der Waals surface area contributed by atoms with Crippen LogP contribution in [0.25, 0.3) is 0 Å². The number of rotatable bonds is 62. The van der Waals surface area contributed by atoms with Crippen molar-refractivity contribution in [1.82, 2.24) is 0 Å². The van der Waals surface area contributed by atoms with Crippen molar-refractivity contribution in [3.8, 4) is 0 Å². The SMILES string of the molecule is CCCCCCCCCCCCCC(=O)OC[C@H](COP(=O)(O)OC[C@@H](O)COP(=O)(O)OC[C@@H](COC(=O)CCCCCCC)OC(=O)CCCCCCCCCCCCC)OC(=O)CCCCCCCCCCCCCC(C)C. The van der Waals surface area contributed by atoms with E-state index in [0.29, 0.717) is 25.7 Å². The van der Waals surface area contributed by atoms with Crippen molar-refractivity contribution < 1.29 is 80.2 Å². The van der Waals surface area contributed by atoms with Crippen LogP contribution in [-0.4, -0.2) is 96.7 Å². The quantitative estimate of drug-likeness (QED) is 0.0222. The molecule has 0 amide bonds. The Hall–Kier alpha value is -1.94. The van der Waals surface area contributed by atoms with Crippen molar-refractivity contribution in [2.45, 2.75) is 329 Å². The number of hydrogen-bond donors (Lipinski definition) is 3. The zero-order valence-electron chi connectivity index (χ0n) is 51.9. The summed E-state index contributed by atoms with van der Waals surface area (Å²) in [5.41, 5.74) is 0. The summed E-state index contributed by atoms with van der Waals surface area (Å²) in [6.07, 6.45) is 39.2. The van der Waals surface area contributed by atoms with Gasteiger partial charge >= 0.3 is 39.5 Å². The molecule has 2 unspecified atom stereocenters. The van der Waals surface area contributed by atoms with Gasteiger partial charge in [0, 0.05) is 25.7 Å². The van der Waals surface area contributed by atoms with E-state index in [1.54, 1.807) is 0 Å². The van der Waals surface area contributed by atoms with Gasteiger partial charge in [-0.1, -0.05) is 259 Å². The molecule has 0 aromatic carbocycles. The summed E-state index contributed by atoms with van der Waals surface area (Å²) in [5.74, 6) is -1.38. The average Bonchev–Trinajstić information content (AvgIpc) is 3.43. The number of carbonyl (C=O) groups excluding carboxylic acids is 4. The van der Waals surface area contributed by atoms with Crippen molar-refractivity contribution in [2.75, 3.05) is 39.6 Å². The van der Waals surface area contributed by atoms with Gasteiger partial charge in [0.05, 0.1) is 26.4 Å². The lowest BCUT2D eigenvalue weighted by molar-refractivity contribution is -0.161. The van der Waals surface area contributed by atoms with Crippen LogP contribution in [0, 0.1) is 5.92 Å².